The molecule has 5 nitrogen and oxygen atoms in total. The molecule has 2 aromatic rings. The number of hydrogen-bond acceptors (Lipinski definition) is 4. The van der Waals surface area contributed by atoms with E-state index < -0.39 is 5.97 Å². The van der Waals surface area contributed by atoms with Crippen molar-refractivity contribution in [1.82, 2.24) is 9.78 Å². The van der Waals surface area contributed by atoms with E-state index in [0.29, 0.717) is 6.61 Å². The van der Waals surface area contributed by atoms with Gasteiger partial charge in [0.15, 0.2) is 0 Å². The second-order valence-electron chi connectivity index (χ2n) is 3.55. The topological polar surface area (TPSA) is 70.1 Å². The van der Waals surface area contributed by atoms with Crippen LogP contribution in [0.15, 0.2) is 30.5 Å². The SMILES string of the molecule is CCOC(=O)c1cnn(-c2ccc(I)cc2)c1N. The molecule has 0 amide bonds. The Kier molecular flexibility index (Phi) is 3.85. The predicted octanol–water partition coefficient (Wildman–Crippen LogP) is 2.24. The zero-order valence-corrected chi connectivity index (χ0v) is 11.9. The average Bonchev–Trinajstić information content (AvgIpc) is 2.73. The lowest BCUT2D eigenvalue weighted by Crippen LogP contribution is -2.08. The smallest absolute Gasteiger partial charge is 0.343 e. The van der Waals surface area contributed by atoms with Crippen LogP contribution in [0.4, 0.5) is 5.82 Å². The summed E-state index contributed by atoms with van der Waals surface area (Å²) in [6, 6.07) is 7.67. The van der Waals surface area contributed by atoms with E-state index in [1.807, 2.05) is 24.3 Å². The number of carbonyl (C=O) groups excluding carboxylic acids is 1. The number of carbonyl (C=O) groups is 1. The van der Waals surface area contributed by atoms with Crippen LogP contribution in [0.3, 0.4) is 0 Å². The fourth-order valence-electron chi connectivity index (χ4n) is 1.51. The molecule has 1 aromatic carbocycles. The van der Waals surface area contributed by atoms with Crippen LogP contribution in [-0.2, 0) is 4.74 Å². The first kappa shape index (κ1) is 12.9. The quantitative estimate of drug-likeness (QED) is 0.676. The molecule has 0 aliphatic heterocycles. The number of nitrogens with zero attached hydrogens (tertiary/aromatic N) is 2. The van der Waals surface area contributed by atoms with Gasteiger partial charge in [-0.3, -0.25) is 0 Å². The van der Waals surface area contributed by atoms with Crippen molar-refractivity contribution in [2.24, 2.45) is 0 Å². The molecule has 0 spiro atoms. The molecule has 2 N–H and O–H groups in total. The lowest BCUT2D eigenvalue weighted by molar-refractivity contribution is 0.0527. The number of aromatic nitrogens is 2. The molecular formula is C12H12IN3O2. The molecule has 2 rings (SSSR count). The normalized spacial score (nSPS) is 10.3. The molecule has 0 bridgehead atoms. The monoisotopic (exact) mass is 357 g/mol. The maximum atomic E-state index is 11.6. The number of nitrogen functional groups attached to an aromatic ring is 1. The largest absolute Gasteiger partial charge is 0.462 e. The third-order valence-corrected chi connectivity index (χ3v) is 3.09. The molecule has 0 unspecified atom stereocenters. The van der Waals surface area contributed by atoms with Crippen molar-refractivity contribution in [1.29, 1.82) is 0 Å². The van der Waals surface area contributed by atoms with Gasteiger partial charge in [-0.25, -0.2) is 9.48 Å². The first-order chi connectivity index (χ1) is 8.63. The van der Waals surface area contributed by atoms with E-state index in [1.165, 1.54) is 10.9 Å². The molecule has 0 aliphatic rings. The molecule has 1 aromatic heterocycles. The number of esters is 1. The highest BCUT2D eigenvalue weighted by Gasteiger charge is 2.16. The Morgan fingerprint density at radius 1 is 1.44 bits per heavy atom. The lowest BCUT2D eigenvalue weighted by Gasteiger charge is -2.05. The lowest BCUT2D eigenvalue weighted by atomic mass is 10.3. The van der Waals surface area contributed by atoms with E-state index in [0.717, 1.165) is 9.26 Å². The summed E-state index contributed by atoms with van der Waals surface area (Å²) in [6.07, 6.45) is 1.42. The van der Waals surface area contributed by atoms with E-state index in [1.54, 1.807) is 6.92 Å². The summed E-state index contributed by atoms with van der Waals surface area (Å²) in [4.78, 5) is 11.6. The van der Waals surface area contributed by atoms with Crippen molar-refractivity contribution >= 4 is 34.4 Å². The molecule has 0 radical (unpaired) electrons. The molecule has 94 valence electrons. The highest BCUT2D eigenvalue weighted by molar-refractivity contribution is 14.1. The average molecular weight is 357 g/mol. The van der Waals surface area contributed by atoms with Crippen LogP contribution in [0.1, 0.15) is 17.3 Å². The zero-order valence-electron chi connectivity index (χ0n) is 9.76. The number of benzene rings is 1. The maximum absolute atomic E-state index is 11.6. The molecule has 0 saturated heterocycles. The molecule has 0 saturated carbocycles. The fourth-order valence-corrected chi connectivity index (χ4v) is 1.87. The second-order valence-corrected chi connectivity index (χ2v) is 4.80. The Morgan fingerprint density at radius 2 is 2.11 bits per heavy atom. The molecule has 0 atom stereocenters. The standard InChI is InChI=1S/C12H12IN3O2/c1-2-18-12(17)10-7-15-16(11(10)14)9-5-3-8(13)4-6-9/h3-7H,2,14H2,1H3. The Bertz CT molecular complexity index is 563. The fraction of sp³-hybridized carbons (Fsp3) is 0.167. The minimum absolute atomic E-state index is 0.287. The van der Waals surface area contributed by atoms with Crippen LogP contribution in [0.25, 0.3) is 5.69 Å². The Labute approximate surface area is 118 Å². The van der Waals surface area contributed by atoms with Gasteiger partial charge < -0.3 is 10.5 Å². The van der Waals surface area contributed by atoms with Crippen molar-refractivity contribution in [2.75, 3.05) is 12.3 Å². The van der Waals surface area contributed by atoms with E-state index in [2.05, 4.69) is 27.7 Å². The van der Waals surface area contributed by atoms with Crippen LogP contribution in [-0.4, -0.2) is 22.4 Å². The summed E-state index contributed by atoms with van der Waals surface area (Å²) in [5, 5.41) is 4.11. The Balaban J connectivity index is 2.36. The minimum atomic E-state index is -0.452. The predicted molar refractivity (Wildman–Crippen MR) is 76.6 cm³/mol. The highest BCUT2D eigenvalue weighted by atomic mass is 127. The third kappa shape index (κ3) is 2.47. The number of ether oxygens (including phenoxy) is 1. The third-order valence-electron chi connectivity index (χ3n) is 2.37. The summed E-state index contributed by atoms with van der Waals surface area (Å²) < 4.78 is 7.54. The van der Waals surface area contributed by atoms with Gasteiger partial charge in [0, 0.05) is 3.57 Å². The van der Waals surface area contributed by atoms with Crippen molar-refractivity contribution in [3.05, 3.63) is 39.6 Å². The van der Waals surface area contributed by atoms with Gasteiger partial charge in [0.2, 0.25) is 0 Å². The van der Waals surface area contributed by atoms with Gasteiger partial charge in [-0.2, -0.15) is 5.10 Å². The van der Waals surface area contributed by atoms with Crippen LogP contribution in [0.5, 0.6) is 0 Å². The van der Waals surface area contributed by atoms with E-state index in [9.17, 15) is 4.79 Å². The number of hydrogen-bond donors (Lipinski definition) is 1. The van der Waals surface area contributed by atoms with Gasteiger partial charge in [-0.05, 0) is 53.8 Å². The van der Waals surface area contributed by atoms with E-state index in [-0.39, 0.29) is 11.4 Å². The van der Waals surface area contributed by atoms with E-state index >= 15 is 0 Å². The van der Waals surface area contributed by atoms with Gasteiger partial charge >= 0.3 is 5.97 Å². The summed E-state index contributed by atoms with van der Waals surface area (Å²) in [5.41, 5.74) is 7.00. The number of anilines is 1. The molecule has 18 heavy (non-hydrogen) atoms. The molecule has 0 fully saturated rings. The van der Waals surface area contributed by atoms with Crippen LogP contribution in [0.2, 0.25) is 0 Å². The summed E-state index contributed by atoms with van der Waals surface area (Å²) in [7, 11) is 0. The first-order valence-electron chi connectivity index (χ1n) is 5.40. The zero-order chi connectivity index (χ0) is 13.1. The number of halogens is 1. The van der Waals surface area contributed by atoms with Gasteiger partial charge in [0.05, 0.1) is 18.5 Å². The second kappa shape index (κ2) is 5.38. The molecular weight excluding hydrogens is 345 g/mol. The van der Waals surface area contributed by atoms with Crippen LogP contribution < -0.4 is 5.73 Å². The molecule has 1 heterocycles. The van der Waals surface area contributed by atoms with E-state index in [4.69, 9.17) is 10.5 Å². The minimum Gasteiger partial charge on any atom is -0.462 e. The summed E-state index contributed by atoms with van der Waals surface area (Å²) >= 11 is 2.22. The highest BCUT2D eigenvalue weighted by Crippen LogP contribution is 2.18. The van der Waals surface area contributed by atoms with Crippen molar-refractivity contribution < 1.29 is 9.53 Å². The van der Waals surface area contributed by atoms with Gasteiger partial charge in [-0.15, -0.1) is 0 Å². The Morgan fingerprint density at radius 3 is 2.72 bits per heavy atom. The first-order valence-corrected chi connectivity index (χ1v) is 6.48. The van der Waals surface area contributed by atoms with Crippen molar-refractivity contribution in [2.45, 2.75) is 6.92 Å². The van der Waals surface area contributed by atoms with Crippen LogP contribution in [0, 0.1) is 3.57 Å². The van der Waals surface area contributed by atoms with Crippen molar-refractivity contribution in [3.63, 3.8) is 0 Å². The molecule has 0 aliphatic carbocycles. The van der Waals surface area contributed by atoms with Crippen LogP contribution >= 0.6 is 22.6 Å². The summed E-state index contributed by atoms with van der Waals surface area (Å²) in [5.74, 6) is -0.165. The molecule has 6 heteroatoms. The number of rotatable bonds is 3. The summed E-state index contributed by atoms with van der Waals surface area (Å²) in [6.45, 7) is 2.06. The van der Waals surface area contributed by atoms with Gasteiger partial charge in [-0.1, -0.05) is 0 Å². The Hall–Kier alpha value is -1.57. The maximum Gasteiger partial charge on any atom is 0.343 e. The van der Waals surface area contributed by atoms with Crippen molar-refractivity contribution in [3.8, 4) is 5.69 Å². The number of nitrogens with two attached hydrogens (primary N) is 1. The van der Waals surface area contributed by atoms with Gasteiger partial charge in [0.1, 0.15) is 11.4 Å². The van der Waals surface area contributed by atoms with Gasteiger partial charge in [0.25, 0.3) is 0 Å².